The Labute approximate surface area is 112 Å². The summed E-state index contributed by atoms with van der Waals surface area (Å²) in [5.41, 5.74) is 0.877. The molecular weight excluding hydrogens is 253 g/mol. The minimum Gasteiger partial charge on any atom is -0.381 e. The number of rotatable bonds is 4. The van der Waals surface area contributed by atoms with Gasteiger partial charge in [-0.25, -0.2) is 4.39 Å². The van der Waals surface area contributed by atoms with Crippen LogP contribution in [0.3, 0.4) is 0 Å². The monoisotopic (exact) mass is 271 g/mol. The minimum absolute atomic E-state index is 0.226. The molecule has 4 heteroatoms. The summed E-state index contributed by atoms with van der Waals surface area (Å²) in [5.74, 6) is 0.347. The van der Waals surface area contributed by atoms with Crippen LogP contribution in [0.15, 0.2) is 18.2 Å². The third-order valence-corrected chi connectivity index (χ3v) is 4.02. The van der Waals surface area contributed by atoms with Crippen molar-refractivity contribution in [3.63, 3.8) is 0 Å². The topological polar surface area (TPSA) is 21.3 Å². The first kappa shape index (κ1) is 13.8. The lowest BCUT2D eigenvalue weighted by molar-refractivity contribution is 0.0547. The van der Waals surface area contributed by atoms with Crippen LogP contribution in [0.2, 0.25) is 5.02 Å². The second-order valence-electron chi connectivity index (χ2n) is 4.78. The second-order valence-corrected chi connectivity index (χ2v) is 5.19. The minimum atomic E-state index is -0.226. The van der Waals surface area contributed by atoms with Gasteiger partial charge in [0.1, 0.15) is 5.82 Å². The van der Waals surface area contributed by atoms with Gasteiger partial charge in [0, 0.05) is 24.3 Å². The number of ether oxygens (including phenoxy) is 1. The normalized spacial score (nSPS) is 18.8. The number of halogens is 2. The molecule has 1 aromatic carbocycles. The van der Waals surface area contributed by atoms with Gasteiger partial charge in [-0.2, -0.15) is 0 Å². The van der Waals surface area contributed by atoms with Crippen molar-refractivity contribution in [2.45, 2.75) is 25.3 Å². The van der Waals surface area contributed by atoms with E-state index in [9.17, 15) is 4.39 Å². The Bertz CT molecular complexity index is 393. The van der Waals surface area contributed by atoms with Gasteiger partial charge in [0.25, 0.3) is 0 Å². The lowest BCUT2D eigenvalue weighted by atomic mass is 9.88. The molecule has 100 valence electrons. The van der Waals surface area contributed by atoms with Gasteiger partial charge in [-0.05, 0) is 56.0 Å². The number of benzene rings is 1. The fraction of sp³-hybridized carbons (Fsp3) is 0.571. The third kappa shape index (κ3) is 3.44. The van der Waals surface area contributed by atoms with Crippen LogP contribution < -0.4 is 5.32 Å². The summed E-state index contributed by atoms with van der Waals surface area (Å²) in [6.07, 6.45) is 2.87. The Morgan fingerprint density at radius 2 is 2.17 bits per heavy atom. The van der Waals surface area contributed by atoms with E-state index in [-0.39, 0.29) is 5.82 Å². The molecule has 1 saturated heterocycles. The molecule has 1 unspecified atom stereocenters. The third-order valence-electron chi connectivity index (χ3n) is 3.65. The Morgan fingerprint density at radius 3 is 2.83 bits per heavy atom. The fourth-order valence-electron chi connectivity index (χ4n) is 2.56. The highest BCUT2D eigenvalue weighted by Gasteiger charge is 2.23. The maximum atomic E-state index is 13.2. The predicted molar refractivity (Wildman–Crippen MR) is 71.5 cm³/mol. The van der Waals surface area contributed by atoms with Crippen LogP contribution in [0.1, 0.15) is 18.4 Å². The predicted octanol–water partition coefficient (Wildman–Crippen LogP) is 3.04. The maximum absolute atomic E-state index is 13.2. The number of hydrogen-bond acceptors (Lipinski definition) is 2. The van der Waals surface area contributed by atoms with Gasteiger partial charge in [0.05, 0.1) is 0 Å². The van der Waals surface area contributed by atoms with Crippen molar-refractivity contribution >= 4 is 11.6 Å². The molecule has 0 aliphatic carbocycles. The Balaban J connectivity index is 2.06. The van der Waals surface area contributed by atoms with E-state index in [1.165, 1.54) is 12.1 Å². The average Bonchev–Trinajstić information content (AvgIpc) is 2.41. The molecular formula is C14H19ClFNO. The van der Waals surface area contributed by atoms with Crippen LogP contribution in [0, 0.1) is 11.7 Å². The molecule has 1 aromatic rings. The van der Waals surface area contributed by atoms with Crippen molar-refractivity contribution in [2.24, 2.45) is 5.92 Å². The zero-order valence-electron chi connectivity index (χ0n) is 10.6. The van der Waals surface area contributed by atoms with Crippen molar-refractivity contribution in [1.29, 1.82) is 0 Å². The highest BCUT2D eigenvalue weighted by atomic mass is 35.5. The second kappa shape index (κ2) is 6.50. The molecule has 2 nitrogen and oxygen atoms in total. The van der Waals surface area contributed by atoms with Gasteiger partial charge in [-0.15, -0.1) is 0 Å². The maximum Gasteiger partial charge on any atom is 0.123 e. The number of likely N-dealkylation sites (N-methyl/N-ethyl adjacent to an activating group) is 1. The molecule has 0 aromatic heterocycles. The Hall–Kier alpha value is -0.640. The van der Waals surface area contributed by atoms with Gasteiger partial charge < -0.3 is 10.1 Å². The molecule has 0 bridgehead atoms. The first-order chi connectivity index (χ1) is 8.70. The summed E-state index contributed by atoms with van der Waals surface area (Å²) in [5, 5.41) is 3.97. The van der Waals surface area contributed by atoms with Gasteiger partial charge in [0.2, 0.25) is 0 Å². The molecule has 0 radical (unpaired) electrons. The van der Waals surface area contributed by atoms with Crippen LogP contribution in [-0.4, -0.2) is 26.3 Å². The van der Waals surface area contributed by atoms with Crippen LogP contribution >= 0.6 is 11.6 Å². The van der Waals surface area contributed by atoms with Crippen molar-refractivity contribution in [3.05, 3.63) is 34.6 Å². The molecule has 0 saturated carbocycles. The van der Waals surface area contributed by atoms with E-state index in [1.807, 2.05) is 7.05 Å². The van der Waals surface area contributed by atoms with Crippen molar-refractivity contribution in [3.8, 4) is 0 Å². The molecule has 1 N–H and O–H groups in total. The lowest BCUT2D eigenvalue weighted by Crippen LogP contribution is -2.38. The molecule has 1 aliphatic rings. The highest BCUT2D eigenvalue weighted by molar-refractivity contribution is 6.31. The van der Waals surface area contributed by atoms with E-state index < -0.39 is 0 Å². The highest BCUT2D eigenvalue weighted by Crippen LogP contribution is 2.25. The summed E-state index contributed by atoms with van der Waals surface area (Å²) in [7, 11) is 1.95. The number of nitrogens with one attached hydrogen (secondary N) is 1. The summed E-state index contributed by atoms with van der Waals surface area (Å²) >= 11 is 6.12. The molecule has 0 spiro atoms. The average molecular weight is 272 g/mol. The SMILES string of the molecule is CNC(Cc1cc(F)ccc1Cl)C1CCOCC1. The van der Waals surface area contributed by atoms with E-state index in [0.717, 1.165) is 38.0 Å². The lowest BCUT2D eigenvalue weighted by Gasteiger charge is -2.30. The summed E-state index contributed by atoms with van der Waals surface area (Å²) in [6, 6.07) is 4.89. The zero-order chi connectivity index (χ0) is 13.0. The fourth-order valence-corrected chi connectivity index (χ4v) is 2.75. The smallest absolute Gasteiger partial charge is 0.123 e. The molecule has 0 amide bonds. The molecule has 1 aliphatic heterocycles. The molecule has 1 heterocycles. The van der Waals surface area contributed by atoms with Crippen LogP contribution in [0.4, 0.5) is 4.39 Å². The first-order valence-electron chi connectivity index (χ1n) is 6.39. The summed E-state index contributed by atoms with van der Waals surface area (Å²) in [4.78, 5) is 0. The van der Waals surface area contributed by atoms with Gasteiger partial charge >= 0.3 is 0 Å². The van der Waals surface area contributed by atoms with Crippen molar-refractivity contribution in [2.75, 3.05) is 20.3 Å². The Kier molecular flexibility index (Phi) is 4.98. The summed E-state index contributed by atoms with van der Waals surface area (Å²) < 4.78 is 18.6. The van der Waals surface area contributed by atoms with Gasteiger partial charge in [-0.3, -0.25) is 0 Å². The molecule has 1 fully saturated rings. The van der Waals surface area contributed by atoms with Gasteiger partial charge in [0.15, 0.2) is 0 Å². The van der Waals surface area contributed by atoms with E-state index in [2.05, 4.69) is 5.32 Å². The van der Waals surface area contributed by atoms with Crippen LogP contribution in [0.25, 0.3) is 0 Å². The van der Waals surface area contributed by atoms with E-state index >= 15 is 0 Å². The first-order valence-corrected chi connectivity index (χ1v) is 6.77. The van der Waals surface area contributed by atoms with Gasteiger partial charge in [-0.1, -0.05) is 11.6 Å². The largest absolute Gasteiger partial charge is 0.381 e. The van der Waals surface area contributed by atoms with E-state index in [1.54, 1.807) is 6.07 Å². The van der Waals surface area contributed by atoms with E-state index in [0.29, 0.717) is 17.0 Å². The van der Waals surface area contributed by atoms with Crippen LogP contribution in [0.5, 0.6) is 0 Å². The molecule has 2 rings (SSSR count). The Morgan fingerprint density at radius 1 is 1.44 bits per heavy atom. The van der Waals surface area contributed by atoms with E-state index in [4.69, 9.17) is 16.3 Å². The van der Waals surface area contributed by atoms with Crippen molar-refractivity contribution in [1.82, 2.24) is 5.32 Å². The number of hydrogen-bond donors (Lipinski definition) is 1. The summed E-state index contributed by atoms with van der Waals surface area (Å²) in [6.45, 7) is 1.64. The quantitative estimate of drug-likeness (QED) is 0.909. The van der Waals surface area contributed by atoms with Crippen LogP contribution in [-0.2, 0) is 11.2 Å². The molecule has 18 heavy (non-hydrogen) atoms. The molecule has 1 atom stereocenters. The van der Waals surface area contributed by atoms with Crippen molar-refractivity contribution < 1.29 is 9.13 Å². The zero-order valence-corrected chi connectivity index (χ0v) is 11.3. The standard InChI is InChI=1S/C14H19ClFNO/c1-17-14(10-4-6-18-7-5-10)9-11-8-12(16)2-3-13(11)15/h2-3,8,10,14,17H,4-7,9H2,1H3.